The normalized spacial score (nSPS) is 10.5. The summed E-state index contributed by atoms with van der Waals surface area (Å²) < 4.78 is 0.918. The van der Waals surface area contributed by atoms with E-state index in [-0.39, 0.29) is 0 Å². The maximum atomic E-state index is 6.20. The van der Waals surface area contributed by atoms with E-state index >= 15 is 0 Å². The Morgan fingerprint density at radius 1 is 1.24 bits per heavy atom. The average molecular weight is 331 g/mol. The molecule has 0 aromatic carbocycles. The molecule has 6 heteroatoms. The van der Waals surface area contributed by atoms with Gasteiger partial charge in [-0.15, -0.1) is 0 Å². The number of hydrogen-bond donors (Lipinski definition) is 1. The van der Waals surface area contributed by atoms with Gasteiger partial charge in [0, 0.05) is 18.9 Å². The average Bonchev–Trinajstić information content (AvgIpc) is 2.34. The quantitative estimate of drug-likeness (QED) is 0.936. The molecule has 2 aromatic rings. The Labute approximate surface area is 117 Å². The molecule has 2 N–H and O–H groups in total. The molecule has 0 aliphatic heterocycles. The summed E-state index contributed by atoms with van der Waals surface area (Å²) in [6.07, 6.45) is 3.43. The van der Waals surface area contributed by atoms with Gasteiger partial charge in [0.05, 0.1) is 9.50 Å². The van der Waals surface area contributed by atoms with Crippen LogP contribution in [-0.2, 0) is 6.54 Å². The van der Waals surface area contributed by atoms with Gasteiger partial charge in [-0.1, -0.05) is 11.6 Å². The molecule has 0 saturated carbocycles. The fraction of sp³-hybridized carbons (Fsp3) is 0.0909. The standard InChI is InChI=1S/C11H9BrClN3S/c12-8-2-1-4-15-10(8)17-11-9(13)7(6-14)3-5-16-11/h1-5H,6,14H2. The van der Waals surface area contributed by atoms with Crippen LogP contribution in [-0.4, -0.2) is 9.97 Å². The van der Waals surface area contributed by atoms with Crippen LogP contribution < -0.4 is 5.73 Å². The fourth-order valence-corrected chi connectivity index (χ4v) is 2.83. The summed E-state index contributed by atoms with van der Waals surface area (Å²) in [4.78, 5) is 8.49. The van der Waals surface area contributed by atoms with Gasteiger partial charge < -0.3 is 5.73 Å². The van der Waals surface area contributed by atoms with E-state index in [0.717, 1.165) is 15.1 Å². The first-order valence-corrected chi connectivity index (χ1v) is 6.83. The molecule has 2 aromatic heterocycles. The lowest BCUT2D eigenvalue weighted by atomic mass is 10.3. The molecule has 2 heterocycles. The predicted molar refractivity (Wildman–Crippen MR) is 73.2 cm³/mol. The van der Waals surface area contributed by atoms with Crippen molar-refractivity contribution >= 4 is 39.3 Å². The van der Waals surface area contributed by atoms with Crippen molar-refractivity contribution in [3.8, 4) is 0 Å². The summed E-state index contributed by atoms with van der Waals surface area (Å²) in [7, 11) is 0. The second kappa shape index (κ2) is 5.82. The Morgan fingerprint density at radius 3 is 2.71 bits per heavy atom. The highest BCUT2D eigenvalue weighted by atomic mass is 79.9. The van der Waals surface area contributed by atoms with Crippen LogP contribution >= 0.6 is 39.3 Å². The van der Waals surface area contributed by atoms with Crippen molar-refractivity contribution in [2.75, 3.05) is 0 Å². The van der Waals surface area contributed by atoms with E-state index in [9.17, 15) is 0 Å². The lowest BCUT2D eigenvalue weighted by Gasteiger charge is -2.06. The van der Waals surface area contributed by atoms with Crippen LogP contribution in [0.1, 0.15) is 5.56 Å². The monoisotopic (exact) mass is 329 g/mol. The second-order valence-electron chi connectivity index (χ2n) is 3.19. The Balaban J connectivity index is 2.34. The van der Waals surface area contributed by atoms with Crippen LogP contribution in [0.5, 0.6) is 0 Å². The zero-order chi connectivity index (χ0) is 12.3. The van der Waals surface area contributed by atoms with Crippen molar-refractivity contribution in [3.63, 3.8) is 0 Å². The van der Waals surface area contributed by atoms with E-state index in [2.05, 4.69) is 25.9 Å². The van der Waals surface area contributed by atoms with E-state index in [1.807, 2.05) is 18.2 Å². The third kappa shape index (κ3) is 2.98. The number of nitrogens with zero attached hydrogens (tertiary/aromatic N) is 2. The smallest absolute Gasteiger partial charge is 0.121 e. The second-order valence-corrected chi connectivity index (χ2v) is 5.40. The number of halogens is 2. The van der Waals surface area contributed by atoms with Gasteiger partial charge in [-0.25, -0.2) is 9.97 Å². The Kier molecular flexibility index (Phi) is 4.39. The molecule has 0 amide bonds. The minimum atomic E-state index is 0.401. The topological polar surface area (TPSA) is 51.8 Å². The first kappa shape index (κ1) is 12.8. The van der Waals surface area contributed by atoms with Crippen LogP contribution in [0.15, 0.2) is 45.1 Å². The van der Waals surface area contributed by atoms with Crippen LogP contribution in [0, 0.1) is 0 Å². The van der Waals surface area contributed by atoms with Crippen LogP contribution in [0.4, 0.5) is 0 Å². The molecule has 0 aliphatic carbocycles. The van der Waals surface area contributed by atoms with Gasteiger partial charge >= 0.3 is 0 Å². The molecule has 17 heavy (non-hydrogen) atoms. The number of rotatable bonds is 3. The Bertz CT molecular complexity index is 536. The molecule has 0 bridgehead atoms. The summed E-state index contributed by atoms with van der Waals surface area (Å²) in [5.74, 6) is 0. The summed E-state index contributed by atoms with van der Waals surface area (Å²) in [6.45, 7) is 0.401. The van der Waals surface area contributed by atoms with Gasteiger partial charge in [0.2, 0.25) is 0 Å². The summed E-state index contributed by atoms with van der Waals surface area (Å²) in [6, 6.07) is 5.61. The van der Waals surface area contributed by atoms with Gasteiger partial charge in [-0.2, -0.15) is 0 Å². The zero-order valence-electron chi connectivity index (χ0n) is 8.73. The van der Waals surface area contributed by atoms with Crippen LogP contribution in [0.3, 0.4) is 0 Å². The molecule has 3 nitrogen and oxygen atoms in total. The van der Waals surface area contributed by atoms with E-state index in [0.29, 0.717) is 16.6 Å². The molecule has 0 atom stereocenters. The zero-order valence-corrected chi connectivity index (χ0v) is 11.9. The molecular weight excluding hydrogens is 322 g/mol. The SMILES string of the molecule is NCc1ccnc(Sc2ncccc2Br)c1Cl. The fourth-order valence-electron chi connectivity index (χ4n) is 1.23. The maximum absolute atomic E-state index is 6.20. The van der Waals surface area contributed by atoms with Crippen molar-refractivity contribution in [2.45, 2.75) is 16.6 Å². The molecule has 0 aliphatic rings. The van der Waals surface area contributed by atoms with E-state index < -0.39 is 0 Å². The molecule has 0 fully saturated rings. The molecule has 88 valence electrons. The first-order chi connectivity index (χ1) is 8.22. The number of hydrogen-bond acceptors (Lipinski definition) is 4. The van der Waals surface area contributed by atoms with Crippen LogP contribution in [0.2, 0.25) is 5.02 Å². The van der Waals surface area contributed by atoms with Gasteiger partial charge in [-0.05, 0) is 51.5 Å². The van der Waals surface area contributed by atoms with Gasteiger partial charge in [-0.3, -0.25) is 0 Å². The van der Waals surface area contributed by atoms with Gasteiger partial charge in [0.25, 0.3) is 0 Å². The highest BCUT2D eigenvalue weighted by Gasteiger charge is 2.10. The van der Waals surface area contributed by atoms with Crippen molar-refractivity contribution in [3.05, 3.63) is 45.7 Å². The largest absolute Gasteiger partial charge is 0.326 e. The van der Waals surface area contributed by atoms with E-state index in [4.69, 9.17) is 17.3 Å². The summed E-state index contributed by atoms with van der Waals surface area (Å²) in [5.41, 5.74) is 6.48. The molecular formula is C11H9BrClN3S. The van der Waals surface area contributed by atoms with Crippen LogP contribution in [0.25, 0.3) is 0 Å². The highest BCUT2D eigenvalue weighted by Crippen LogP contribution is 2.35. The minimum Gasteiger partial charge on any atom is -0.326 e. The summed E-state index contributed by atoms with van der Waals surface area (Å²) in [5, 5.41) is 2.14. The minimum absolute atomic E-state index is 0.401. The van der Waals surface area contributed by atoms with Crippen molar-refractivity contribution in [2.24, 2.45) is 5.73 Å². The summed E-state index contributed by atoms with van der Waals surface area (Å²) >= 11 is 11.1. The molecule has 0 radical (unpaired) electrons. The molecule has 0 unspecified atom stereocenters. The molecule has 0 spiro atoms. The first-order valence-electron chi connectivity index (χ1n) is 4.84. The number of aromatic nitrogens is 2. The Hall–Kier alpha value is -0.620. The lowest BCUT2D eigenvalue weighted by molar-refractivity contribution is 1.01. The predicted octanol–water partition coefficient (Wildman–Crippen LogP) is 3.50. The van der Waals surface area contributed by atoms with Crippen molar-refractivity contribution in [1.29, 1.82) is 0 Å². The molecule has 0 saturated heterocycles. The van der Waals surface area contributed by atoms with Gasteiger partial charge in [0.15, 0.2) is 0 Å². The Morgan fingerprint density at radius 2 is 2.00 bits per heavy atom. The lowest BCUT2D eigenvalue weighted by Crippen LogP contribution is -1.98. The molecule has 2 rings (SSSR count). The van der Waals surface area contributed by atoms with Crippen molar-refractivity contribution in [1.82, 2.24) is 9.97 Å². The third-order valence-electron chi connectivity index (χ3n) is 2.08. The number of nitrogens with two attached hydrogens (primary N) is 1. The highest BCUT2D eigenvalue weighted by molar-refractivity contribution is 9.10. The van der Waals surface area contributed by atoms with E-state index in [1.54, 1.807) is 12.4 Å². The van der Waals surface area contributed by atoms with Crippen molar-refractivity contribution < 1.29 is 0 Å². The third-order valence-corrected chi connectivity index (χ3v) is 4.53. The van der Waals surface area contributed by atoms with E-state index in [1.165, 1.54) is 11.8 Å². The van der Waals surface area contributed by atoms with Gasteiger partial charge in [0.1, 0.15) is 10.1 Å². The maximum Gasteiger partial charge on any atom is 0.121 e. The number of pyridine rings is 2.